The number of hydrogen-bond donors (Lipinski definition) is 0. The maximum atomic E-state index is 4.81. The van der Waals surface area contributed by atoms with Crippen molar-refractivity contribution in [2.24, 2.45) is 0 Å². The van der Waals surface area contributed by atoms with Crippen LogP contribution in [0.15, 0.2) is 47.8 Å². The minimum absolute atomic E-state index is 1.01. The van der Waals surface area contributed by atoms with Crippen LogP contribution in [0.1, 0.15) is 13.8 Å². The predicted molar refractivity (Wildman–Crippen MR) is 88.6 cm³/mol. The van der Waals surface area contributed by atoms with Gasteiger partial charge in [-0.15, -0.1) is 11.3 Å². The molecular weight excluding hydrogens is 264 g/mol. The molecule has 3 aromatic rings. The number of benzene rings is 1. The average molecular weight is 282 g/mol. The summed E-state index contributed by atoms with van der Waals surface area (Å²) in [6.45, 7) is 6.41. The van der Waals surface area contributed by atoms with E-state index in [4.69, 9.17) is 4.98 Å². The van der Waals surface area contributed by atoms with E-state index in [1.54, 1.807) is 11.3 Å². The molecule has 0 fully saturated rings. The number of aromatic nitrogens is 1. The second-order valence-electron chi connectivity index (χ2n) is 4.69. The van der Waals surface area contributed by atoms with E-state index in [2.05, 4.69) is 66.6 Å². The lowest BCUT2D eigenvalue weighted by atomic mass is 10.1. The van der Waals surface area contributed by atoms with Crippen LogP contribution in [-0.2, 0) is 0 Å². The van der Waals surface area contributed by atoms with Crippen LogP contribution in [0.25, 0.3) is 21.5 Å². The second-order valence-corrected chi connectivity index (χ2v) is 5.64. The summed E-state index contributed by atoms with van der Waals surface area (Å²) < 4.78 is 0. The Morgan fingerprint density at radius 3 is 2.55 bits per heavy atom. The Labute approximate surface area is 123 Å². The molecule has 3 heteroatoms. The van der Waals surface area contributed by atoms with Crippen molar-refractivity contribution in [1.82, 2.24) is 4.98 Å². The third kappa shape index (κ3) is 2.29. The fourth-order valence-electron chi connectivity index (χ4n) is 2.53. The number of nitrogens with zero attached hydrogens (tertiary/aromatic N) is 2. The molecule has 0 N–H and O–H groups in total. The predicted octanol–water partition coefficient (Wildman–Crippen LogP) is 4.81. The molecule has 0 saturated heterocycles. The van der Waals surface area contributed by atoms with Crippen molar-refractivity contribution in [2.75, 3.05) is 18.0 Å². The molecule has 0 bridgehead atoms. The summed E-state index contributed by atoms with van der Waals surface area (Å²) in [5, 5.41) is 3.33. The summed E-state index contributed by atoms with van der Waals surface area (Å²) in [5.41, 5.74) is 3.42. The zero-order valence-corrected chi connectivity index (χ0v) is 12.7. The monoisotopic (exact) mass is 282 g/mol. The maximum absolute atomic E-state index is 4.81. The number of anilines is 1. The molecule has 102 valence electrons. The van der Waals surface area contributed by atoms with Crippen LogP contribution in [0.5, 0.6) is 0 Å². The number of fused-ring (bicyclic) bond motifs is 1. The van der Waals surface area contributed by atoms with Gasteiger partial charge in [-0.2, -0.15) is 0 Å². The van der Waals surface area contributed by atoms with E-state index in [9.17, 15) is 0 Å². The summed E-state index contributed by atoms with van der Waals surface area (Å²) in [6.07, 6.45) is 0. The topological polar surface area (TPSA) is 16.1 Å². The molecule has 0 saturated carbocycles. The third-order valence-corrected chi connectivity index (χ3v) is 4.46. The Kier molecular flexibility index (Phi) is 3.70. The molecule has 0 amide bonds. The summed E-state index contributed by atoms with van der Waals surface area (Å²) in [7, 11) is 0. The van der Waals surface area contributed by atoms with Crippen LogP contribution in [0.4, 0.5) is 5.69 Å². The van der Waals surface area contributed by atoms with Gasteiger partial charge in [0.25, 0.3) is 0 Å². The van der Waals surface area contributed by atoms with Crippen molar-refractivity contribution >= 4 is 27.9 Å². The summed E-state index contributed by atoms with van der Waals surface area (Å²) in [4.78, 5) is 8.43. The fraction of sp³-hybridized carbons (Fsp3) is 0.235. The molecule has 0 radical (unpaired) electrons. The van der Waals surface area contributed by atoms with Crippen molar-refractivity contribution in [3.8, 4) is 10.6 Å². The molecule has 0 aliphatic heterocycles. The van der Waals surface area contributed by atoms with Crippen molar-refractivity contribution in [2.45, 2.75) is 13.8 Å². The smallest absolute Gasteiger partial charge is 0.0830 e. The van der Waals surface area contributed by atoms with Crippen LogP contribution in [0.3, 0.4) is 0 Å². The van der Waals surface area contributed by atoms with Gasteiger partial charge in [-0.25, -0.2) is 4.98 Å². The van der Waals surface area contributed by atoms with Gasteiger partial charge in [0.15, 0.2) is 0 Å². The SMILES string of the molecule is CCN(CC)c1cc(-c2cccs2)nc2ccccc12. The first-order valence-corrected chi connectivity index (χ1v) is 7.90. The highest BCUT2D eigenvalue weighted by Crippen LogP contribution is 2.32. The second kappa shape index (κ2) is 5.63. The van der Waals surface area contributed by atoms with Crippen molar-refractivity contribution in [1.29, 1.82) is 0 Å². The fourth-order valence-corrected chi connectivity index (χ4v) is 3.22. The highest BCUT2D eigenvalue weighted by molar-refractivity contribution is 7.13. The Bertz CT molecular complexity index is 700. The molecule has 1 aromatic carbocycles. The van der Waals surface area contributed by atoms with Gasteiger partial charge in [-0.1, -0.05) is 24.3 Å². The number of rotatable bonds is 4. The first kappa shape index (κ1) is 13.1. The lowest BCUT2D eigenvalue weighted by Crippen LogP contribution is -2.22. The van der Waals surface area contributed by atoms with Crippen LogP contribution in [0.2, 0.25) is 0 Å². The zero-order chi connectivity index (χ0) is 13.9. The molecule has 0 aliphatic rings. The summed E-state index contributed by atoms with van der Waals surface area (Å²) >= 11 is 1.74. The molecule has 0 aliphatic carbocycles. The molecule has 0 unspecified atom stereocenters. The Balaban J connectivity index is 2.25. The van der Waals surface area contributed by atoms with E-state index in [1.807, 2.05) is 0 Å². The van der Waals surface area contributed by atoms with Gasteiger partial charge in [0, 0.05) is 24.2 Å². The quantitative estimate of drug-likeness (QED) is 0.682. The first-order valence-electron chi connectivity index (χ1n) is 7.02. The molecule has 3 rings (SSSR count). The highest BCUT2D eigenvalue weighted by Gasteiger charge is 2.11. The Morgan fingerprint density at radius 2 is 1.85 bits per heavy atom. The molecule has 2 aromatic heterocycles. The standard InChI is InChI=1S/C17H18N2S/c1-3-19(4-2)16-12-15(17-10-7-11-20-17)18-14-9-6-5-8-13(14)16/h5-12H,3-4H2,1-2H3. The van der Waals surface area contributed by atoms with E-state index >= 15 is 0 Å². The van der Waals surface area contributed by atoms with Crippen LogP contribution in [-0.4, -0.2) is 18.1 Å². The van der Waals surface area contributed by atoms with Crippen molar-refractivity contribution in [3.05, 3.63) is 47.8 Å². The van der Waals surface area contributed by atoms with Gasteiger partial charge in [0.1, 0.15) is 0 Å². The van der Waals surface area contributed by atoms with E-state index in [-0.39, 0.29) is 0 Å². The van der Waals surface area contributed by atoms with Gasteiger partial charge in [0.2, 0.25) is 0 Å². The van der Waals surface area contributed by atoms with Crippen LogP contribution in [0, 0.1) is 0 Å². The van der Waals surface area contributed by atoms with Gasteiger partial charge in [-0.05, 0) is 37.4 Å². The lowest BCUT2D eigenvalue weighted by molar-refractivity contribution is 0.870. The van der Waals surface area contributed by atoms with E-state index in [0.29, 0.717) is 0 Å². The largest absolute Gasteiger partial charge is 0.371 e. The van der Waals surface area contributed by atoms with E-state index in [0.717, 1.165) is 24.3 Å². The normalized spacial score (nSPS) is 10.9. The van der Waals surface area contributed by atoms with Gasteiger partial charge >= 0.3 is 0 Å². The number of thiophene rings is 1. The van der Waals surface area contributed by atoms with E-state index < -0.39 is 0 Å². The molecule has 20 heavy (non-hydrogen) atoms. The molecule has 2 heterocycles. The molecular formula is C17H18N2S. The number of pyridine rings is 1. The summed E-state index contributed by atoms with van der Waals surface area (Å²) in [5.74, 6) is 0. The van der Waals surface area contributed by atoms with Crippen LogP contribution < -0.4 is 4.90 Å². The first-order chi connectivity index (χ1) is 9.83. The Morgan fingerprint density at radius 1 is 1.05 bits per heavy atom. The van der Waals surface area contributed by atoms with Crippen molar-refractivity contribution < 1.29 is 0 Å². The van der Waals surface area contributed by atoms with Gasteiger partial charge in [0.05, 0.1) is 16.1 Å². The van der Waals surface area contributed by atoms with Crippen LogP contribution >= 0.6 is 11.3 Å². The third-order valence-electron chi connectivity index (χ3n) is 3.57. The van der Waals surface area contributed by atoms with E-state index in [1.165, 1.54) is 16.0 Å². The Hall–Kier alpha value is -1.87. The number of hydrogen-bond acceptors (Lipinski definition) is 3. The molecule has 0 spiro atoms. The highest BCUT2D eigenvalue weighted by atomic mass is 32.1. The zero-order valence-electron chi connectivity index (χ0n) is 11.8. The van der Waals surface area contributed by atoms with Crippen molar-refractivity contribution in [3.63, 3.8) is 0 Å². The van der Waals surface area contributed by atoms with Gasteiger partial charge < -0.3 is 4.90 Å². The minimum Gasteiger partial charge on any atom is -0.371 e. The molecule has 2 nitrogen and oxygen atoms in total. The lowest BCUT2D eigenvalue weighted by Gasteiger charge is -2.23. The number of para-hydroxylation sites is 1. The average Bonchev–Trinajstić information content (AvgIpc) is 3.02. The summed E-state index contributed by atoms with van der Waals surface area (Å²) in [6, 6.07) is 14.8. The van der Waals surface area contributed by atoms with Gasteiger partial charge in [-0.3, -0.25) is 0 Å². The minimum atomic E-state index is 1.01. The maximum Gasteiger partial charge on any atom is 0.0830 e. The molecule has 0 atom stereocenters.